The molecule has 2 aromatic carbocycles. The Morgan fingerprint density at radius 2 is 1.91 bits per heavy atom. The van der Waals surface area contributed by atoms with Gasteiger partial charge in [0.1, 0.15) is 11.5 Å². The number of carbonyl (C=O) groups excluding carboxylic acids is 1. The van der Waals surface area contributed by atoms with Gasteiger partial charge in [0.25, 0.3) is 0 Å². The van der Waals surface area contributed by atoms with Gasteiger partial charge in [0.15, 0.2) is 5.78 Å². The first kappa shape index (κ1) is 16.6. The van der Waals surface area contributed by atoms with Crippen LogP contribution in [0.5, 0.6) is 11.5 Å². The molecule has 0 unspecified atom stereocenters. The van der Waals surface area contributed by atoms with Crippen LogP contribution in [0.2, 0.25) is 0 Å². The molecule has 0 saturated heterocycles. The van der Waals surface area contributed by atoms with Crippen molar-refractivity contribution in [3.63, 3.8) is 0 Å². The zero-order valence-corrected chi connectivity index (χ0v) is 13.4. The number of carbonyl (C=O) groups is 1. The maximum absolute atomic E-state index is 12.2. The molecule has 0 radical (unpaired) electrons. The van der Waals surface area contributed by atoms with E-state index in [1.165, 1.54) is 6.08 Å². The zero-order valence-electron chi connectivity index (χ0n) is 13.4. The molecule has 0 spiro atoms. The van der Waals surface area contributed by atoms with Crippen molar-refractivity contribution in [1.29, 1.82) is 0 Å². The number of rotatable bonds is 6. The second-order valence-corrected chi connectivity index (χ2v) is 5.12. The highest BCUT2D eigenvalue weighted by Crippen LogP contribution is 2.30. The number of aryl methyl sites for hydroxylation is 1. The Morgan fingerprint density at radius 3 is 2.52 bits per heavy atom. The van der Waals surface area contributed by atoms with E-state index in [0.717, 1.165) is 11.1 Å². The number of nitrogens with two attached hydrogens (primary N) is 1. The summed E-state index contributed by atoms with van der Waals surface area (Å²) in [6.45, 7) is 4.32. The summed E-state index contributed by atoms with van der Waals surface area (Å²) >= 11 is 0. The molecule has 3 N–H and O–H groups in total. The van der Waals surface area contributed by atoms with Crippen LogP contribution in [-0.4, -0.2) is 17.5 Å². The first-order chi connectivity index (χ1) is 11.0. The third kappa shape index (κ3) is 4.13. The third-order valence-corrected chi connectivity index (χ3v) is 3.50. The standard InChI is InChI=1S/C19H21NO3/c1-3-13-11-15(19(23-4-2)12-18(13)22)7-10-17(21)14-5-8-16(20)9-6-14/h5-12,22H,3-4,20H2,1-2H3/b10-7+. The van der Waals surface area contributed by atoms with Crippen LogP contribution in [0.1, 0.15) is 35.3 Å². The molecule has 0 aliphatic heterocycles. The Hall–Kier alpha value is -2.75. The Bertz CT molecular complexity index is 718. The quantitative estimate of drug-likeness (QED) is 0.483. The normalized spacial score (nSPS) is 10.9. The smallest absolute Gasteiger partial charge is 0.185 e. The number of phenols is 1. The number of nitrogen functional groups attached to an aromatic ring is 1. The summed E-state index contributed by atoms with van der Waals surface area (Å²) in [6, 6.07) is 10.2. The van der Waals surface area contributed by atoms with Crippen LogP contribution < -0.4 is 10.5 Å². The van der Waals surface area contributed by atoms with Gasteiger partial charge in [-0.3, -0.25) is 4.79 Å². The molecule has 0 aliphatic carbocycles. The fraction of sp³-hybridized carbons (Fsp3) is 0.211. The number of allylic oxidation sites excluding steroid dienone is 1. The number of phenolic OH excluding ortho intramolecular Hbond substituents is 1. The molecule has 120 valence electrons. The molecule has 0 saturated carbocycles. The molecule has 0 bridgehead atoms. The van der Waals surface area contributed by atoms with E-state index in [1.54, 1.807) is 36.4 Å². The lowest BCUT2D eigenvalue weighted by Crippen LogP contribution is -1.97. The molecular formula is C19H21NO3. The number of hydrogen-bond donors (Lipinski definition) is 2. The van der Waals surface area contributed by atoms with E-state index in [9.17, 15) is 9.90 Å². The van der Waals surface area contributed by atoms with Gasteiger partial charge in [-0.05, 0) is 61.4 Å². The van der Waals surface area contributed by atoms with Gasteiger partial charge in [-0.25, -0.2) is 0 Å². The predicted octanol–water partition coefficient (Wildman–Crippen LogP) is 3.83. The summed E-state index contributed by atoms with van der Waals surface area (Å²) in [5, 5.41) is 9.94. The molecule has 0 heterocycles. The molecule has 2 rings (SSSR count). The molecule has 23 heavy (non-hydrogen) atoms. The summed E-state index contributed by atoms with van der Waals surface area (Å²) in [5.41, 5.74) is 8.40. The largest absolute Gasteiger partial charge is 0.508 e. The highest BCUT2D eigenvalue weighted by molar-refractivity contribution is 6.07. The fourth-order valence-corrected chi connectivity index (χ4v) is 2.24. The third-order valence-electron chi connectivity index (χ3n) is 3.50. The Morgan fingerprint density at radius 1 is 1.22 bits per heavy atom. The van der Waals surface area contributed by atoms with Gasteiger partial charge in [0.2, 0.25) is 0 Å². The monoisotopic (exact) mass is 311 g/mol. The second-order valence-electron chi connectivity index (χ2n) is 5.12. The van der Waals surface area contributed by atoms with Crippen LogP contribution >= 0.6 is 0 Å². The number of ketones is 1. The summed E-state index contributed by atoms with van der Waals surface area (Å²) in [4.78, 5) is 12.2. The number of hydrogen-bond acceptors (Lipinski definition) is 4. The average molecular weight is 311 g/mol. The lowest BCUT2D eigenvalue weighted by molar-refractivity contribution is 0.104. The maximum atomic E-state index is 12.2. The highest BCUT2D eigenvalue weighted by atomic mass is 16.5. The van der Waals surface area contributed by atoms with Crippen molar-refractivity contribution in [2.24, 2.45) is 0 Å². The van der Waals surface area contributed by atoms with Gasteiger partial charge in [0.05, 0.1) is 6.61 Å². The van der Waals surface area contributed by atoms with E-state index in [0.29, 0.717) is 30.0 Å². The zero-order chi connectivity index (χ0) is 16.8. The molecule has 0 aromatic heterocycles. The van der Waals surface area contributed by atoms with Gasteiger partial charge in [-0.1, -0.05) is 6.92 Å². The fourth-order valence-electron chi connectivity index (χ4n) is 2.24. The highest BCUT2D eigenvalue weighted by Gasteiger charge is 2.08. The van der Waals surface area contributed by atoms with E-state index in [1.807, 2.05) is 19.9 Å². The Kier molecular flexibility index (Phi) is 5.41. The lowest BCUT2D eigenvalue weighted by atomic mass is 10.0. The van der Waals surface area contributed by atoms with Crippen LogP contribution in [0.3, 0.4) is 0 Å². The van der Waals surface area contributed by atoms with Gasteiger partial charge in [-0.15, -0.1) is 0 Å². The van der Waals surface area contributed by atoms with Gasteiger partial charge in [-0.2, -0.15) is 0 Å². The maximum Gasteiger partial charge on any atom is 0.185 e. The molecule has 0 fully saturated rings. The van der Waals surface area contributed by atoms with E-state index >= 15 is 0 Å². The second kappa shape index (κ2) is 7.49. The van der Waals surface area contributed by atoms with Crippen molar-refractivity contribution in [1.82, 2.24) is 0 Å². The van der Waals surface area contributed by atoms with E-state index < -0.39 is 0 Å². The number of benzene rings is 2. The molecular weight excluding hydrogens is 290 g/mol. The first-order valence-corrected chi connectivity index (χ1v) is 7.61. The summed E-state index contributed by atoms with van der Waals surface area (Å²) in [5.74, 6) is 0.653. The molecule has 0 aliphatic rings. The van der Waals surface area contributed by atoms with Gasteiger partial charge < -0.3 is 15.6 Å². The van der Waals surface area contributed by atoms with Gasteiger partial charge in [0, 0.05) is 22.9 Å². The van der Waals surface area contributed by atoms with Crippen molar-refractivity contribution >= 4 is 17.5 Å². The molecule has 2 aromatic rings. The number of aromatic hydroxyl groups is 1. The number of anilines is 1. The first-order valence-electron chi connectivity index (χ1n) is 7.61. The molecule has 0 atom stereocenters. The van der Waals surface area contributed by atoms with Crippen molar-refractivity contribution in [2.75, 3.05) is 12.3 Å². The minimum atomic E-state index is -0.112. The predicted molar refractivity (Wildman–Crippen MR) is 92.9 cm³/mol. The molecule has 4 heteroatoms. The summed E-state index contributed by atoms with van der Waals surface area (Å²) in [7, 11) is 0. The van der Waals surface area contributed by atoms with Crippen molar-refractivity contribution in [2.45, 2.75) is 20.3 Å². The molecule has 4 nitrogen and oxygen atoms in total. The van der Waals surface area contributed by atoms with Crippen LogP contribution in [0.4, 0.5) is 5.69 Å². The van der Waals surface area contributed by atoms with Gasteiger partial charge >= 0.3 is 0 Å². The topological polar surface area (TPSA) is 72.5 Å². The average Bonchev–Trinajstić information content (AvgIpc) is 2.54. The number of ether oxygens (including phenoxy) is 1. The minimum absolute atomic E-state index is 0.112. The minimum Gasteiger partial charge on any atom is -0.508 e. The summed E-state index contributed by atoms with van der Waals surface area (Å²) < 4.78 is 5.53. The SMILES string of the molecule is CCOc1cc(O)c(CC)cc1/C=C/C(=O)c1ccc(N)cc1. The lowest BCUT2D eigenvalue weighted by Gasteiger charge is -2.11. The van der Waals surface area contributed by atoms with Crippen molar-refractivity contribution in [3.8, 4) is 11.5 Å². The van der Waals surface area contributed by atoms with Crippen molar-refractivity contribution in [3.05, 3.63) is 59.2 Å². The van der Waals surface area contributed by atoms with Crippen LogP contribution in [0.25, 0.3) is 6.08 Å². The van der Waals surface area contributed by atoms with Crippen LogP contribution in [0.15, 0.2) is 42.5 Å². The van der Waals surface area contributed by atoms with E-state index in [2.05, 4.69) is 0 Å². The Labute approximate surface area is 136 Å². The van der Waals surface area contributed by atoms with Crippen molar-refractivity contribution < 1.29 is 14.6 Å². The Balaban J connectivity index is 2.30. The molecule has 0 amide bonds. The van der Waals surface area contributed by atoms with E-state index in [-0.39, 0.29) is 11.5 Å². The van der Waals surface area contributed by atoms with Crippen LogP contribution in [-0.2, 0) is 6.42 Å². The van der Waals surface area contributed by atoms with Crippen LogP contribution in [0, 0.1) is 0 Å². The van der Waals surface area contributed by atoms with E-state index in [4.69, 9.17) is 10.5 Å². The summed E-state index contributed by atoms with van der Waals surface area (Å²) in [6.07, 6.45) is 3.91.